The average Bonchev–Trinajstić information content (AvgIpc) is 2.48. The van der Waals surface area contributed by atoms with Gasteiger partial charge in [0, 0.05) is 12.2 Å². The Hall–Kier alpha value is -1.91. The highest BCUT2D eigenvalue weighted by molar-refractivity contribution is 6.42. The molecule has 0 atom stereocenters. The van der Waals surface area contributed by atoms with Crippen LogP contribution >= 0.6 is 23.2 Å². The van der Waals surface area contributed by atoms with Crippen molar-refractivity contribution in [2.24, 2.45) is 5.73 Å². The molecule has 0 saturated heterocycles. The Morgan fingerprint density at radius 1 is 1.19 bits per heavy atom. The standard InChI is InChI=1S/C15H14Cl2N2O2/c1-21-10-3-5-14(11(7-10)15(18)20)19-8-9-2-4-12(16)13(17)6-9/h2-7,19H,8H2,1H3,(H2,18,20). The summed E-state index contributed by atoms with van der Waals surface area (Å²) in [6, 6.07) is 10.4. The summed E-state index contributed by atoms with van der Waals surface area (Å²) in [7, 11) is 1.53. The molecule has 0 aliphatic heterocycles. The summed E-state index contributed by atoms with van der Waals surface area (Å²) in [4.78, 5) is 11.5. The van der Waals surface area contributed by atoms with Crippen molar-refractivity contribution in [2.75, 3.05) is 12.4 Å². The first kappa shape index (κ1) is 15.5. The van der Waals surface area contributed by atoms with Crippen molar-refractivity contribution in [1.29, 1.82) is 0 Å². The number of primary amides is 1. The van der Waals surface area contributed by atoms with E-state index in [4.69, 9.17) is 33.7 Å². The van der Waals surface area contributed by atoms with Crippen LogP contribution in [-0.2, 0) is 6.54 Å². The zero-order valence-corrected chi connectivity index (χ0v) is 12.8. The molecule has 0 fully saturated rings. The Labute approximate surface area is 132 Å². The summed E-state index contributed by atoms with van der Waals surface area (Å²) >= 11 is 11.8. The number of methoxy groups -OCH3 is 1. The normalized spacial score (nSPS) is 10.2. The monoisotopic (exact) mass is 324 g/mol. The Bertz CT molecular complexity index is 675. The third-order valence-corrected chi connectivity index (χ3v) is 3.70. The predicted molar refractivity (Wildman–Crippen MR) is 85.3 cm³/mol. The second-order valence-corrected chi connectivity index (χ2v) is 5.19. The van der Waals surface area contributed by atoms with E-state index in [0.29, 0.717) is 33.6 Å². The van der Waals surface area contributed by atoms with E-state index < -0.39 is 5.91 Å². The van der Waals surface area contributed by atoms with Crippen LogP contribution < -0.4 is 15.8 Å². The molecule has 0 radical (unpaired) electrons. The summed E-state index contributed by atoms with van der Waals surface area (Å²) in [6.07, 6.45) is 0. The second-order valence-electron chi connectivity index (χ2n) is 4.38. The Kier molecular flexibility index (Phi) is 4.94. The molecule has 0 saturated carbocycles. The first-order chi connectivity index (χ1) is 10.0. The van der Waals surface area contributed by atoms with Gasteiger partial charge in [0.15, 0.2) is 0 Å². The van der Waals surface area contributed by atoms with Gasteiger partial charge in [0.1, 0.15) is 5.75 Å². The van der Waals surface area contributed by atoms with Crippen LogP contribution in [0.5, 0.6) is 5.75 Å². The molecule has 0 bridgehead atoms. The molecule has 0 aliphatic carbocycles. The molecule has 2 aromatic rings. The van der Waals surface area contributed by atoms with Crippen molar-refractivity contribution < 1.29 is 9.53 Å². The van der Waals surface area contributed by atoms with Gasteiger partial charge in [-0.05, 0) is 35.9 Å². The maximum Gasteiger partial charge on any atom is 0.250 e. The number of carbonyl (C=O) groups is 1. The molecule has 0 heterocycles. The fourth-order valence-electron chi connectivity index (χ4n) is 1.86. The zero-order valence-electron chi connectivity index (χ0n) is 11.3. The van der Waals surface area contributed by atoms with Gasteiger partial charge in [0.2, 0.25) is 0 Å². The van der Waals surface area contributed by atoms with Crippen LogP contribution in [0.15, 0.2) is 36.4 Å². The van der Waals surface area contributed by atoms with Gasteiger partial charge in [-0.3, -0.25) is 4.79 Å². The molecule has 4 nitrogen and oxygen atoms in total. The van der Waals surface area contributed by atoms with Crippen LogP contribution in [0, 0.1) is 0 Å². The number of rotatable bonds is 5. The lowest BCUT2D eigenvalue weighted by atomic mass is 10.1. The quantitative estimate of drug-likeness (QED) is 0.881. The Morgan fingerprint density at radius 3 is 2.57 bits per heavy atom. The molecule has 21 heavy (non-hydrogen) atoms. The highest BCUT2D eigenvalue weighted by Crippen LogP contribution is 2.25. The first-order valence-corrected chi connectivity index (χ1v) is 6.92. The van der Waals surface area contributed by atoms with Crippen LogP contribution in [0.3, 0.4) is 0 Å². The number of hydrogen-bond donors (Lipinski definition) is 2. The molecule has 0 unspecified atom stereocenters. The second kappa shape index (κ2) is 6.70. The minimum Gasteiger partial charge on any atom is -0.497 e. The molecule has 2 aromatic carbocycles. The van der Waals surface area contributed by atoms with Crippen molar-refractivity contribution >= 4 is 34.8 Å². The van der Waals surface area contributed by atoms with E-state index >= 15 is 0 Å². The summed E-state index contributed by atoms with van der Waals surface area (Å²) in [5.74, 6) is 0.0504. The molecule has 6 heteroatoms. The summed E-state index contributed by atoms with van der Waals surface area (Å²) in [5, 5.41) is 4.14. The van der Waals surface area contributed by atoms with E-state index in [2.05, 4.69) is 5.32 Å². The van der Waals surface area contributed by atoms with Crippen LogP contribution in [0.4, 0.5) is 5.69 Å². The van der Waals surface area contributed by atoms with E-state index in [1.807, 2.05) is 6.07 Å². The molecule has 2 rings (SSSR count). The summed E-state index contributed by atoms with van der Waals surface area (Å²) < 4.78 is 5.08. The number of halogens is 2. The minimum atomic E-state index is -0.523. The van der Waals surface area contributed by atoms with Gasteiger partial charge in [-0.2, -0.15) is 0 Å². The van der Waals surface area contributed by atoms with Crippen molar-refractivity contribution in [3.05, 3.63) is 57.6 Å². The van der Waals surface area contributed by atoms with Gasteiger partial charge in [0.25, 0.3) is 5.91 Å². The lowest BCUT2D eigenvalue weighted by Gasteiger charge is -2.12. The Balaban J connectivity index is 2.19. The lowest BCUT2D eigenvalue weighted by molar-refractivity contribution is 0.100. The molecule has 0 spiro atoms. The van der Waals surface area contributed by atoms with Gasteiger partial charge >= 0.3 is 0 Å². The highest BCUT2D eigenvalue weighted by atomic mass is 35.5. The third-order valence-electron chi connectivity index (χ3n) is 2.96. The average molecular weight is 325 g/mol. The van der Waals surface area contributed by atoms with E-state index in [9.17, 15) is 4.79 Å². The van der Waals surface area contributed by atoms with Crippen molar-refractivity contribution in [3.63, 3.8) is 0 Å². The van der Waals surface area contributed by atoms with Crippen molar-refractivity contribution in [1.82, 2.24) is 0 Å². The predicted octanol–water partition coefficient (Wildman–Crippen LogP) is 3.71. The zero-order chi connectivity index (χ0) is 15.4. The fourth-order valence-corrected chi connectivity index (χ4v) is 2.18. The minimum absolute atomic E-state index is 0.370. The van der Waals surface area contributed by atoms with Crippen LogP contribution in [0.25, 0.3) is 0 Å². The summed E-state index contributed by atoms with van der Waals surface area (Å²) in [5.41, 5.74) is 7.32. The molecule has 110 valence electrons. The topological polar surface area (TPSA) is 64.3 Å². The van der Waals surface area contributed by atoms with Crippen molar-refractivity contribution in [3.8, 4) is 5.75 Å². The van der Waals surface area contributed by atoms with Gasteiger partial charge in [0.05, 0.1) is 22.7 Å². The lowest BCUT2D eigenvalue weighted by Crippen LogP contribution is -2.14. The van der Waals surface area contributed by atoms with Crippen molar-refractivity contribution in [2.45, 2.75) is 6.54 Å². The fraction of sp³-hybridized carbons (Fsp3) is 0.133. The number of carbonyl (C=O) groups excluding carboxylic acids is 1. The largest absolute Gasteiger partial charge is 0.497 e. The van der Waals surface area contributed by atoms with Gasteiger partial charge < -0.3 is 15.8 Å². The van der Waals surface area contributed by atoms with E-state index in [1.165, 1.54) is 7.11 Å². The molecule has 0 aromatic heterocycles. The maximum atomic E-state index is 11.5. The number of nitrogens with two attached hydrogens (primary N) is 1. The molecular formula is C15H14Cl2N2O2. The van der Waals surface area contributed by atoms with E-state index in [-0.39, 0.29) is 0 Å². The maximum absolute atomic E-state index is 11.5. The molecule has 0 aliphatic rings. The van der Waals surface area contributed by atoms with Crippen LogP contribution in [0.2, 0.25) is 10.0 Å². The number of amides is 1. The van der Waals surface area contributed by atoms with E-state index in [0.717, 1.165) is 5.56 Å². The molecule has 3 N–H and O–H groups in total. The SMILES string of the molecule is COc1ccc(NCc2ccc(Cl)c(Cl)c2)c(C(N)=O)c1. The number of ether oxygens (including phenoxy) is 1. The number of benzene rings is 2. The molecule has 1 amide bonds. The van der Waals surface area contributed by atoms with Crippen LogP contribution in [-0.4, -0.2) is 13.0 Å². The molecular weight excluding hydrogens is 311 g/mol. The smallest absolute Gasteiger partial charge is 0.250 e. The van der Waals surface area contributed by atoms with Gasteiger partial charge in [-0.1, -0.05) is 29.3 Å². The number of anilines is 1. The Morgan fingerprint density at radius 2 is 1.95 bits per heavy atom. The summed E-state index contributed by atoms with van der Waals surface area (Å²) in [6.45, 7) is 0.490. The highest BCUT2D eigenvalue weighted by Gasteiger charge is 2.10. The van der Waals surface area contributed by atoms with Gasteiger partial charge in [-0.15, -0.1) is 0 Å². The van der Waals surface area contributed by atoms with Crippen LogP contribution in [0.1, 0.15) is 15.9 Å². The third kappa shape index (κ3) is 3.80. The van der Waals surface area contributed by atoms with Gasteiger partial charge in [-0.25, -0.2) is 0 Å². The number of nitrogens with one attached hydrogen (secondary N) is 1. The van der Waals surface area contributed by atoms with E-state index in [1.54, 1.807) is 30.3 Å². The first-order valence-electron chi connectivity index (χ1n) is 6.17. The number of hydrogen-bond acceptors (Lipinski definition) is 3.